The van der Waals surface area contributed by atoms with Crippen LogP contribution >= 0.6 is 11.6 Å². The first-order valence-electron chi connectivity index (χ1n) is 4.59. The Hall–Kier alpha value is -0.950. The van der Waals surface area contributed by atoms with E-state index in [0.717, 1.165) is 0 Å². The van der Waals surface area contributed by atoms with E-state index in [0.29, 0.717) is 12.1 Å². The highest BCUT2D eigenvalue weighted by Crippen LogP contribution is 2.39. The Morgan fingerprint density at radius 3 is 2.00 bits per heavy atom. The summed E-state index contributed by atoms with van der Waals surface area (Å²) in [6, 6.07) is 1.02. The van der Waals surface area contributed by atoms with Crippen LogP contribution in [0.2, 0.25) is 0 Å². The van der Waals surface area contributed by atoms with E-state index in [9.17, 15) is 31.4 Å². The van der Waals surface area contributed by atoms with Crippen LogP contribution in [0.25, 0.3) is 0 Å². The monoisotopic (exact) mass is 292 g/mol. The summed E-state index contributed by atoms with van der Waals surface area (Å²) in [5, 5.41) is 9.25. The van der Waals surface area contributed by atoms with Crippen molar-refractivity contribution in [2.75, 3.05) is 5.88 Å². The van der Waals surface area contributed by atoms with Gasteiger partial charge in [-0.05, 0) is 17.7 Å². The molecule has 1 atom stereocenters. The van der Waals surface area contributed by atoms with Crippen molar-refractivity contribution in [3.05, 3.63) is 34.9 Å². The van der Waals surface area contributed by atoms with Crippen LogP contribution in [0.3, 0.4) is 0 Å². The maximum Gasteiger partial charge on any atom is 0.416 e. The molecule has 0 aliphatic heterocycles. The van der Waals surface area contributed by atoms with Gasteiger partial charge in [-0.1, -0.05) is 6.07 Å². The van der Waals surface area contributed by atoms with Gasteiger partial charge in [-0.2, -0.15) is 26.3 Å². The highest BCUT2D eigenvalue weighted by atomic mass is 35.5. The van der Waals surface area contributed by atoms with Crippen molar-refractivity contribution >= 4 is 11.6 Å². The summed E-state index contributed by atoms with van der Waals surface area (Å²) in [5.74, 6) is -0.547. The molecule has 0 heterocycles. The molecule has 1 unspecified atom stereocenters. The van der Waals surface area contributed by atoms with Gasteiger partial charge in [-0.25, -0.2) is 0 Å². The minimum atomic E-state index is -5.00. The molecule has 0 spiro atoms. The number of hydrogen-bond acceptors (Lipinski definition) is 1. The molecule has 0 saturated carbocycles. The molecule has 0 aliphatic carbocycles. The molecule has 18 heavy (non-hydrogen) atoms. The van der Waals surface area contributed by atoms with Crippen molar-refractivity contribution < 1.29 is 31.4 Å². The molecule has 0 radical (unpaired) electrons. The summed E-state index contributed by atoms with van der Waals surface area (Å²) in [5.41, 5.74) is -3.64. The Morgan fingerprint density at radius 2 is 1.61 bits per heavy atom. The van der Waals surface area contributed by atoms with E-state index in [2.05, 4.69) is 0 Å². The Morgan fingerprint density at radius 1 is 1.06 bits per heavy atom. The number of aliphatic hydroxyl groups excluding tert-OH is 1. The lowest BCUT2D eigenvalue weighted by atomic mass is 9.99. The first kappa shape index (κ1) is 15.1. The van der Waals surface area contributed by atoms with Gasteiger partial charge in [-0.15, -0.1) is 11.6 Å². The quantitative estimate of drug-likeness (QED) is 0.645. The zero-order valence-corrected chi connectivity index (χ0v) is 9.37. The average molecular weight is 293 g/mol. The zero-order valence-electron chi connectivity index (χ0n) is 8.61. The first-order chi connectivity index (χ1) is 8.07. The molecule has 0 bridgehead atoms. The van der Waals surface area contributed by atoms with E-state index in [1.54, 1.807) is 0 Å². The second-order valence-electron chi connectivity index (χ2n) is 3.47. The molecule has 0 saturated heterocycles. The maximum absolute atomic E-state index is 12.6. The molecular formula is C10H7ClF6O. The van der Waals surface area contributed by atoms with Crippen molar-refractivity contribution in [1.29, 1.82) is 0 Å². The molecule has 0 aromatic heterocycles. The largest absolute Gasteiger partial charge is 0.416 e. The van der Waals surface area contributed by atoms with E-state index in [4.69, 9.17) is 11.6 Å². The molecule has 0 fully saturated rings. The van der Waals surface area contributed by atoms with Gasteiger partial charge in [-0.3, -0.25) is 0 Å². The van der Waals surface area contributed by atoms with Crippen LogP contribution in [-0.2, 0) is 12.4 Å². The summed E-state index contributed by atoms with van der Waals surface area (Å²) in [7, 11) is 0. The van der Waals surface area contributed by atoms with Gasteiger partial charge in [0.15, 0.2) is 0 Å². The van der Waals surface area contributed by atoms with Gasteiger partial charge in [0, 0.05) is 0 Å². The van der Waals surface area contributed by atoms with Crippen molar-refractivity contribution in [2.45, 2.75) is 18.5 Å². The van der Waals surface area contributed by atoms with Gasteiger partial charge >= 0.3 is 12.4 Å². The van der Waals surface area contributed by atoms with E-state index < -0.39 is 41.0 Å². The fourth-order valence-electron chi connectivity index (χ4n) is 1.35. The third-order valence-electron chi connectivity index (χ3n) is 2.19. The Bertz CT molecular complexity index is 425. The molecule has 0 aliphatic rings. The van der Waals surface area contributed by atoms with Gasteiger partial charge in [0.2, 0.25) is 0 Å². The zero-order chi connectivity index (χ0) is 14.1. The fourth-order valence-corrected chi connectivity index (χ4v) is 1.52. The van der Waals surface area contributed by atoms with E-state index in [1.807, 2.05) is 0 Å². The van der Waals surface area contributed by atoms with Gasteiger partial charge < -0.3 is 5.11 Å². The molecule has 102 valence electrons. The lowest BCUT2D eigenvalue weighted by Crippen LogP contribution is -2.15. The Balaban J connectivity index is 3.40. The Labute approximate surface area is 103 Å². The predicted molar refractivity (Wildman–Crippen MR) is 52.1 cm³/mol. The van der Waals surface area contributed by atoms with Crippen molar-refractivity contribution in [3.63, 3.8) is 0 Å². The standard InChI is InChI=1S/C10H7ClF6O/c11-4-8(18)6-2-1-5(9(12,13)14)3-7(6)10(15,16)17/h1-3,8,18H,4H2. The summed E-state index contributed by atoms with van der Waals surface area (Å²) < 4.78 is 74.7. The lowest BCUT2D eigenvalue weighted by Gasteiger charge is -2.18. The molecule has 1 N–H and O–H groups in total. The second-order valence-corrected chi connectivity index (χ2v) is 3.78. The van der Waals surface area contributed by atoms with Crippen LogP contribution < -0.4 is 0 Å². The number of aliphatic hydroxyl groups is 1. The minimum absolute atomic E-state index is 0.0366. The predicted octanol–water partition coefficient (Wildman–Crippen LogP) is 4.00. The van der Waals surface area contributed by atoms with Crippen LogP contribution in [-0.4, -0.2) is 11.0 Å². The number of hydrogen-bond donors (Lipinski definition) is 1. The third-order valence-corrected chi connectivity index (χ3v) is 2.48. The average Bonchev–Trinajstić information content (AvgIpc) is 2.24. The molecule has 1 nitrogen and oxygen atoms in total. The first-order valence-corrected chi connectivity index (χ1v) is 5.13. The highest BCUT2D eigenvalue weighted by Gasteiger charge is 2.39. The maximum atomic E-state index is 12.6. The molecule has 1 aromatic rings. The van der Waals surface area contributed by atoms with Gasteiger partial charge in [0.25, 0.3) is 0 Å². The summed E-state index contributed by atoms with van der Waals surface area (Å²) in [4.78, 5) is 0. The summed E-state index contributed by atoms with van der Waals surface area (Å²) in [6.45, 7) is 0. The lowest BCUT2D eigenvalue weighted by molar-refractivity contribution is -0.144. The normalized spacial score (nSPS) is 14.7. The number of benzene rings is 1. The van der Waals surface area contributed by atoms with Crippen LogP contribution in [0.5, 0.6) is 0 Å². The molecule has 0 amide bonds. The number of halogens is 7. The van der Waals surface area contributed by atoms with Gasteiger partial charge in [0.05, 0.1) is 23.1 Å². The van der Waals surface area contributed by atoms with Crippen molar-refractivity contribution in [3.8, 4) is 0 Å². The van der Waals surface area contributed by atoms with Crippen molar-refractivity contribution in [1.82, 2.24) is 0 Å². The van der Waals surface area contributed by atoms with E-state index in [-0.39, 0.29) is 6.07 Å². The Kier molecular flexibility index (Phi) is 4.17. The van der Waals surface area contributed by atoms with Crippen LogP contribution in [0, 0.1) is 0 Å². The number of alkyl halides is 7. The van der Waals surface area contributed by atoms with Crippen LogP contribution in [0.4, 0.5) is 26.3 Å². The summed E-state index contributed by atoms with van der Waals surface area (Å²) in [6.07, 6.45) is -11.6. The second kappa shape index (κ2) is 4.97. The topological polar surface area (TPSA) is 20.2 Å². The van der Waals surface area contributed by atoms with Crippen LogP contribution in [0.15, 0.2) is 18.2 Å². The van der Waals surface area contributed by atoms with Crippen LogP contribution in [0.1, 0.15) is 22.8 Å². The minimum Gasteiger partial charge on any atom is -0.387 e. The molecular weight excluding hydrogens is 286 g/mol. The molecule has 1 aromatic carbocycles. The highest BCUT2D eigenvalue weighted by molar-refractivity contribution is 6.18. The van der Waals surface area contributed by atoms with E-state index >= 15 is 0 Å². The fraction of sp³-hybridized carbons (Fsp3) is 0.400. The smallest absolute Gasteiger partial charge is 0.387 e. The number of rotatable bonds is 2. The molecule has 8 heteroatoms. The van der Waals surface area contributed by atoms with Crippen molar-refractivity contribution in [2.24, 2.45) is 0 Å². The van der Waals surface area contributed by atoms with E-state index in [1.165, 1.54) is 0 Å². The molecule has 1 rings (SSSR count). The third kappa shape index (κ3) is 3.29. The van der Waals surface area contributed by atoms with Gasteiger partial charge in [0.1, 0.15) is 0 Å². The summed E-state index contributed by atoms with van der Waals surface area (Å²) >= 11 is 5.20. The SMILES string of the molecule is OC(CCl)c1ccc(C(F)(F)F)cc1C(F)(F)F.